The van der Waals surface area contributed by atoms with E-state index in [1.54, 1.807) is 24.3 Å². The standard InChI is InChI=1S/C16H8N2O4/c19-13-7-3-1-2-4-8(7)14(20)10-6-12-11(5-9(10)13)15(21)17-18-16(12)22/h1-6H,(H,17,21)(H,18,22). The second-order valence-electron chi connectivity index (χ2n) is 5.06. The first-order valence-corrected chi connectivity index (χ1v) is 6.55. The van der Waals surface area contributed by atoms with E-state index in [0.29, 0.717) is 11.1 Å². The van der Waals surface area contributed by atoms with Gasteiger partial charge in [0.05, 0.1) is 10.8 Å². The van der Waals surface area contributed by atoms with Crippen molar-refractivity contribution in [2.75, 3.05) is 0 Å². The highest BCUT2D eigenvalue weighted by atomic mass is 16.2. The number of benzene rings is 2. The van der Waals surface area contributed by atoms with Gasteiger partial charge in [-0.15, -0.1) is 0 Å². The molecule has 6 nitrogen and oxygen atoms in total. The third-order valence-corrected chi connectivity index (χ3v) is 3.84. The average Bonchev–Trinajstić information content (AvgIpc) is 2.55. The van der Waals surface area contributed by atoms with Gasteiger partial charge in [0, 0.05) is 22.3 Å². The van der Waals surface area contributed by atoms with Crippen LogP contribution in [0, 0.1) is 0 Å². The van der Waals surface area contributed by atoms with Crippen molar-refractivity contribution < 1.29 is 9.59 Å². The van der Waals surface area contributed by atoms with Crippen LogP contribution in [-0.4, -0.2) is 21.8 Å². The lowest BCUT2D eigenvalue weighted by atomic mass is 9.83. The van der Waals surface area contributed by atoms with E-state index in [4.69, 9.17) is 0 Å². The monoisotopic (exact) mass is 292 g/mol. The van der Waals surface area contributed by atoms with Gasteiger partial charge in [0.1, 0.15) is 0 Å². The summed E-state index contributed by atoms with van der Waals surface area (Å²) in [4.78, 5) is 48.7. The van der Waals surface area contributed by atoms with Gasteiger partial charge < -0.3 is 0 Å². The molecule has 0 aliphatic heterocycles. The van der Waals surface area contributed by atoms with E-state index in [-0.39, 0.29) is 33.5 Å². The number of hydrogen-bond acceptors (Lipinski definition) is 4. The highest BCUT2D eigenvalue weighted by molar-refractivity contribution is 6.29. The molecular formula is C16H8N2O4. The SMILES string of the molecule is O=C1c2ccccc2C(=O)c2cc3c(=O)[nH][nH]c(=O)c3cc21. The van der Waals surface area contributed by atoms with E-state index in [1.807, 2.05) is 0 Å². The Morgan fingerprint density at radius 1 is 0.591 bits per heavy atom. The van der Waals surface area contributed by atoms with E-state index in [1.165, 1.54) is 12.1 Å². The van der Waals surface area contributed by atoms with Gasteiger partial charge >= 0.3 is 0 Å². The molecule has 1 heterocycles. The Morgan fingerprint density at radius 2 is 1.00 bits per heavy atom. The maximum Gasteiger partial charge on any atom is 0.270 e. The molecule has 0 atom stereocenters. The Balaban J connectivity index is 2.15. The first-order chi connectivity index (χ1) is 10.6. The second kappa shape index (κ2) is 4.11. The molecule has 1 aromatic heterocycles. The van der Waals surface area contributed by atoms with E-state index in [0.717, 1.165) is 0 Å². The fraction of sp³-hybridized carbons (Fsp3) is 0. The second-order valence-corrected chi connectivity index (χ2v) is 5.06. The molecule has 3 aromatic rings. The van der Waals surface area contributed by atoms with Crippen LogP contribution in [0.25, 0.3) is 10.8 Å². The summed E-state index contributed by atoms with van der Waals surface area (Å²) >= 11 is 0. The number of fused-ring (bicyclic) bond motifs is 3. The largest absolute Gasteiger partial charge is 0.289 e. The van der Waals surface area contributed by atoms with Crippen LogP contribution < -0.4 is 11.1 Å². The van der Waals surface area contributed by atoms with Crippen LogP contribution >= 0.6 is 0 Å². The summed E-state index contributed by atoms with van der Waals surface area (Å²) in [5, 5.41) is 4.58. The van der Waals surface area contributed by atoms with Gasteiger partial charge in [0.25, 0.3) is 11.1 Å². The summed E-state index contributed by atoms with van der Waals surface area (Å²) in [5.41, 5.74) is -0.131. The number of carbonyl (C=O) groups is 2. The van der Waals surface area contributed by atoms with Crippen LogP contribution in [0.15, 0.2) is 46.0 Å². The molecule has 106 valence electrons. The van der Waals surface area contributed by atoms with E-state index in [9.17, 15) is 19.2 Å². The zero-order valence-electron chi connectivity index (χ0n) is 11.1. The molecule has 0 spiro atoms. The molecule has 0 saturated carbocycles. The van der Waals surface area contributed by atoms with E-state index >= 15 is 0 Å². The van der Waals surface area contributed by atoms with E-state index in [2.05, 4.69) is 10.2 Å². The van der Waals surface area contributed by atoms with Gasteiger partial charge in [-0.05, 0) is 12.1 Å². The lowest BCUT2D eigenvalue weighted by molar-refractivity contribution is 0.0979. The van der Waals surface area contributed by atoms with Gasteiger partial charge in [0.2, 0.25) is 0 Å². The number of rotatable bonds is 0. The van der Waals surface area contributed by atoms with Crippen molar-refractivity contribution in [1.82, 2.24) is 10.2 Å². The van der Waals surface area contributed by atoms with Crippen LogP contribution in [0.5, 0.6) is 0 Å². The minimum atomic E-state index is -0.517. The fourth-order valence-corrected chi connectivity index (χ4v) is 2.77. The quantitative estimate of drug-likeness (QED) is 0.505. The van der Waals surface area contributed by atoms with Crippen molar-refractivity contribution in [1.29, 1.82) is 0 Å². The van der Waals surface area contributed by atoms with Gasteiger partial charge in [0.15, 0.2) is 11.6 Å². The molecule has 0 amide bonds. The Bertz CT molecular complexity index is 1020. The average molecular weight is 292 g/mol. The summed E-state index contributed by atoms with van der Waals surface area (Å²) in [5.74, 6) is -0.654. The van der Waals surface area contributed by atoms with Crippen molar-refractivity contribution in [3.05, 3.63) is 79.4 Å². The van der Waals surface area contributed by atoms with Crippen LogP contribution in [0.3, 0.4) is 0 Å². The van der Waals surface area contributed by atoms with Crippen LogP contribution in [-0.2, 0) is 0 Å². The van der Waals surface area contributed by atoms with Crippen molar-refractivity contribution in [3.63, 3.8) is 0 Å². The number of hydrogen-bond donors (Lipinski definition) is 2. The van der Waals surface area contributed by atoms with Gasteiger partial charge in [-0.25, -0.2) is 0 Å². The number of ketones is 2. The van der Waals surface area contributed by atoms with Crippen molar-refractivity contribution in [3.8, 4) is 0 Å². The number of nitrogens with one attached hydrogen (secondary N) is 2. The molecule has 6 heteroatoms. The van der Waals surface area contributed by atoms with E-state index < -0.39 is 11.1 Å². The fourth-order valence-electron chi connectivity index (χ4n) is 2.77. The summed E-state index contributed by atoms with van der Waals surface area (Å²) in [6.45, 7) is 0. The van der Waals surface area contributed by atoms with Crippen LogP contribution in [0.2, 0.25) is 0 Å². The van der Waals surface area contributed by atoms with Gasteiger partial charge in [-0.2, -0.15) is 0 Å². The Labute approximate surface area is 122 Å². The molecular weight excluding hydrogens is 284 g/mol. The Kier molecular flexibility index (Phi) is 2.33. The Morgan fingerprint density at radius 3 is 1.41 bits per heavy atom. The topological polar surface area (TPSA) is 99.9 Å². The number of carbonyl (C=O) groups excluding carboxylic acids is 2. The molecule has 1 aliphatic rings. The lowest BCUT2D eigenvalue weighted by Crippen LogP contribution is -2.24. The normalized spacial score (nSPS) is 13.1. The molecule has 0 radical (unpaired) electrons. The maximum absolute atomic E-state index is 12.5. The highest BCUT2D eigenvalue weighted by Crippen LogP contribution is 2.28. The number of H-pyrrole nitrogens is 2. The van der Waals surface area contributed by atoms with Gasteiger partial charge in [-0.1, -0.05) is 24.3 Å². The van der Waals surface area contributed by atoms with Crippen molar-refractivity contribution >= 4 is 22.3 Å². The molecule has 2 aromatic carbocycles. The minimum Gasteiger partial charge on any atom is -0.289 e. The smallest absolute Gasteiger partial charge is 0.270 e. The summed E-state index contributed by atoms with van der Waals surface area (Å²) in [7, 11) is 0. The number of aromatic nitrogens is 2. The molecule has 0 bridgehead atoms. The first-order valence-electron chi connectivity index (χ1n) is 6.55. The molecule has 0 unspecified atom stereocenters. The van der Waals surface area contributed by atoms with Crippen molar-refractivity contribution in [2.24, 2.45) is 0 Å². The minimum absolute atomic E-state index is 0.0861. The zero-order valence-corrected chi connectivity index (χ0v) is 11.1. The summed E-state index contributed by atoms with van der Waals surface area (Å²) < 4.78 is 0. The summed E-state index contributed by atoms with van der Waals surface area (Å²) in [6, 6.07) is 9.13. The van der Waals surface area contributed by atoms with Crippen LogP contribution in [0.1, 0.15) is 31.8 Å². The zero-order chi connectivity index (χ0) is 15.4. The third-order valence-electron chi connectivity index (χ3n) is 3.84. The highest BCUT2D eigenvalue weighted by Gasteiger charge is 2.30. The predicted octanol–water partition coefficient (Wildman–Crippen LogP) is 0.992. The molecule has 0 fully saturated rings. The van der Waals surface area contributed by atoms with Crippen molar-refractivity contribution in [2.45, 2.75) is 0 Å². The van der Waals surface area contributed by atoms with Gasteiger partial charge in [-0.3, -0.25) is 29.4 Å². The molecule has 4 rings (SSSR count). The molecule has 0 saturated heterocycles. The lowest BCUT2D eigenvalue weighted by Gasteiger charge is -2.17. The molecule has 22 heavy (non-hydrogen) atoms. The number of aromatic amines is 2. The Hall–Kier alpha value is -3.28. The summed E-state index contributed by atoms with van der Waals surface area (Å²) in [6.07, 6.45) is 0. The predicted molar refractivity (Wildman–Crippen MR) is 78.5 cm³/mol. The third kappa shape index (κ3) is 1.49. The maximum atomic E-state index is 12.5. The first kappa shape index (κ1) is 12.5. The molecule has 1 aliphatic carbocycles. The van der Waals surface area contributed by atoms with Crippen LogP contribution in [0.4, 0.5) is 0 Å². The molecule has 2 N–H and O–H groups in total.